The maximum atomic E-state index is 11.1. The molecule has 3 aromatic rings. The Labute approximate surface area is 125 Å². The largest absolute Gasteiger partial charge is 0.369 e. The number of thiophene rings is 1. The van der Waals surface area contributed by atoms with Crippen molar-refractivity contribution in [2.75, 3.05) is 0 Å². The highest BCUT2D eigenvalue weighted by Crippen LogP contribution is 2.41. The summed E-state index contributed by atoms with van der Waals surface area (Å²) >= 11 is 1.70. The zero-order valence-electron chi connectivity index (χ0n) is 11.2. The molecular formula is C16H13N3OS. The first-order valence-electron chi connectivity index (χ1n) is 6.74. The van der Waals surface area contributed by atoms with E-state index in [-0.39, 0.29) is 12.3 Å². The number of amides is 1. The molecule has 0 saturated carbocycles. The molecule has 1 aromatic carbocycles. The number of aromatic nitrogens is 2. The highest BCUT2D eigenvalue weighted by molar-refractivity contribution is 7.13. The van der Waals surface area contributed by atoms with Crippen LogP contribution in [0.2, 0.25) is 0 Å². The van der Waals surface area contributed by atoms with Gasteiger partial charge in [0.25, 0.3) is 0 Å². The Morgan fingerprint density at radius 3 is 3.05 bits per heavy atom. The molecule has 2 aromatic heterocycles. The molecule has 1 aliphatic rings. The summed E-state index contributed by atoms with van der Waals surface area (Å²) in [6.07, 6.45) is 1.13. The van der Waals surface area contributed by atoms with Gasteiger partial charge in [0.05, 0.1) is 22.7 Å². The lowest BCUT2D eigenvalue weighted by Gasteiger charge is -2.03. The van der Waals surface area contributed by atoms with E-state index in [2.05, 4.69) is 27.7 Å². The van der Waals surface area contributed by atoms with Gasteiger partial charge in [0.1, 0.15) is 0 Å². The van der Waals surface area contributed by atoms with Crippen molar-refractivity contribution in [3.05, 3.63) is 52.4 Å². The van der Waals surface area contributed by atoms with Crippen LogP contribution in [0.4, 0.5) is 0 Å². The number of H-pyrrole nitrogens is 1. The maximum Gasteiger partial charge on any atom is 0.221 e. The average Bonchev–Trinajstić information content (AvgIpc) is 3.12. The lowest BCUT2D eigenvalue weighted by atomic mass is 10.0. The van der Waals surface area contributed by atoms with Crippen molar-refractivity contribution in [2.45, 2.75) is 12.8 Å². The lowest BCUT2D eigenvalue weighted by Crippen LogP contribution is -2.13. The number of benzene rings is 1. The highest BCUT2D eigenvalue weighted by Gasteiger charge is 2.25. The molecule has 2 heterocycles. The van der Waals surface area contributed by atoms with Crippen LogP contribution in [0.15, 0.2) is 35.7 Å². The lowest BCUT2D eigenvalue weighted by molar-refractivity contribution is -0.117. The van der Waals surface area contributed by atoms with Crippen molar-refractivity contribution in [3.63, 3.8) is 0 Å². The predicted octanol–water partition coefficient (Wildman–Crippen LogP) is 2.74. The van der Waals surface area contributed by atoms with Gasteiger partial charge in [0.2, 0.25) is 5.91 Å². The Bertz CT molecular complexity index is 833. The highest BCUT2D eigenvalue weighted by atomic mass is 32.1. The first-order chi connectivity index (χ1) is 10.2. The molecule has 5 heteroatoms. The van der Waals surface area contributed by atoms with Gasteiger partial charge in [0.15, 0.2) is 0 Å². The number of rotatable bonds is 3. The summed E-state index contributed by atoms with van der Waals surface area (Å²) in [6, 6.07) is 10.2. The van der Waals surface area contributed by atoms with Crippen LogP contribution in [0.5, 0.6) is 0 Å². The van der Waals surface area contributed by atoms with Crippen LogP contribution < -0.4 is 5.73 Å². The van der Waals surface area contributed by atoms with Crippen LogP contribution in [0.25, 0.3) is 21.8 Å². The number of hydrogen-bond donors (Lipinski definition) is 2. The maximum absolute atomic E-state index is 11.1. The summed E-state index contributed by atoms with van der Waals surface area (Å²) in [5, 5.41) is 9.69. The average molecular weight is 295 g/mol. The van der Waals surface area contributed by atoms with Gasteiger partial charge in [0, 0.05) is 17.5 Å². The smallest absolute Gasteiger partial charge is 0.221 e. The summed E-state index contributed by atoms with van der Waals surface area (Å²) in [7, 11) is 0. The summed E-state index contributed by atoms with van der Waals surface area (Å²) in [5.41, 5.74) is 12.0. The molecule has 0 atom stereocenters. The molecule has 0 aliphatic heterocycles. The van der Waals surface area contributed by atoms with Crippen LogP contribution >= 0.6 is 11.3 Å². The summed E-state index contributed by atoms with van der Waals surface area (Å²) < 4.78 is 0. The van der Waals surface area contributed by atoms with Crippen molar-refractivity contribution in [2.24, 2.45) is 5.73 Å². The van der Waals surface area contributed by atoms with Crippen molar-refractivity contribution in [1.82, 2.24) is 10.2 Å². The molecule has 4 nitrogen and oxygen atoms in total. The van der Waals surface area contributed by atoms with E-state index in [1.807, 2.05) is 18.2 Å². The molecular weight excluding hydrogens is 282 g/mol. The second kappa shape index (κ2) is 4.56. The number of carbonyl (C=O) groups excluding carboxylic acids is 1. The van der Waals surface area contributed by atoms with Crippen molar-refractivity contribution in [1.29, 1.82) is 0 Å². The van der Waals surface area contributed by atoms with Crippen molar-refractivity contribution >= 4 is 17.2 Å². The number of nitrogens with one attached hydrogen (secondary N) is 1. The van der Waals surface area contributed by atoms with Gasteiger partial charge in [-0.2, -0.15) is 5.10 Å². The molecule has 3 N–H and O–H groups in total. The molecule has 0 bridgehead atoms. The molecule has 1 aliphatic carbocycles. The second-order valence-corrected chi connectivity index (χ2v) is 6.16. The third-order valence-electron chi connectivity index (χ3n) is 3.81. The molecule has 1 amide bonds. The van der Waals surface area contributed by atoms with Gasteiger partial charge in [-0.15, -0.1) is 11.3 Å². The minimum absolute atomic E-state index is 0.287. The molecule has 4 rings (SSSR count). The molecule has 21 heavy (non-hydrogen) atoms. The van der Waals surface area contributed by atoms with Crippen molar-refractivity contribution in [3.8, 4) is 21.8 Å². The first-order valence-corrected chi connectivity index (χ1v) is 7.62. The third kappa shape index (κ3) is 1.97. The van der Waals surface area contributed by atoms with E-state index in [1.165, 1.54) is 16.0 Å². The van der Waals surface area contributed by atoms with Gasteiger partial charge in [-0.25, -0.2) is 0 Å². The Morgan fingerprint density at radius 2 is 2.29 bits per heavy atom. The minimum atomic E-state index is -0.300. The number of primary amides is 1. The van der Waals surface area contributed by atoms with E-state index in [0.29, 0.717) is 0 Å². The van der Waals surface area contributed by atoms with Gasteiger partial charge in [-0.3, -0.25) is 9.89 Å². The van der Waals surface area contributed by atoms with E-state index < -0.39 is 0 Å². The fraction of sp³-hybridized carbons (Fsp3) is 0.125. The quantitative estimate of drug-likeness (QED) is 0.610. The number of aromatic amines is 1. The third-order valence-corrected chi connectivity index (χ3v) is 4.69. The van der Waals surface area contributed by atoms with Gasteiger partial charge in [-0.1, -0.05) is 24.3 Å². The zero-order valence-corrected chi connectivity index (χ0v) is 12.0. The topological polar surface area (TPSA) is 71.8 Å². The van der Waals surface area contributed by atoms with E-state index in [0.717, 1.165) is 28.9 Å². The molecule has 0 radical (unpaired) electrons. The van der Waals surface area contributed by atoms with E-state index >= 15 is 0 Å². The van der Waals surface area contributed by atoms with Crippen LogP contribution in [-0.2, 0) is 17.6 Å². The molecule has 0 fully saturated rings. The SMILES string of the molecule is NC(=O)Cc1ccc2c(c1)Cc1c-2n[nH]c1-c1cccs1. The Kier molecular flexibility index (Phi) is 2.68. The monoisotopic (exact) mass is 295 g/mol. The number of nitrogens with zero attached hydrogens (tertiary/aromatic N) is 1. The van der Waals surface area contributed by atoms with Gasteiger partial charge >= 0.3 is 0 Å². The Balaban J connectivity index is 1.76. The molecule has 104 valence electrons. The van der Waals surface area contributed by atoms with Crippen molar-refractivity contribution < 1.29 is 4.79 Å². The van der Waals surface area contributed by atoms with E-state index in [1.54, 1.807) is 11.3 Å². The van der Waals surface area contributed by atoms with Crippen LogP contribution in [0, 0.1) is 0 Å². The molecule has 0 saturated heterocycles. The predicted molar refractivity (Wildman–Crippen MR) is 83.0 cm³/mol. The number of hydrogen-bond acceptors (Lipinski definition) is 3. The minimum Gasteiger partial charge on any atom is -0.369 e. The number of carbonyl (C=O) groups is 1. The standard InChI is InChI=1S/C16H13N3OS/c17-14(20)7-9-3-4-11-10(6-9)8-12-15(11)18-19-16(12)13-2-1-5-21-13/h1-6H,7-8H2,(H2,17,20)(H,18,19). The number of fused-ring (bicyclic) bond motifs is 3. The fourth-order valence-corrected chi connectivity index (χ4v) is 3.66. The van der Waals surface area contributed by atoms with Gasteiger partial charge in [-0.05, 0) is 22.6 Å². The number of nitrogens with two attached hydrogens (primary N) is 1. The Morgan fingerprint density at radius 1 is 1.38 bits per heavy atom. The van der Waals surface area contributed by atoms with Crippen LogP contribution in [0.3, 0.4) is 0 Å². The molecule has 0 spiro atoms. The summed E-state index contributed by atoms with van der Waals surface area (Å²) in [5.74, 6) is -0.300. The first kappa shape index (κ1) is 12.3. The zero-order chi connectivity index (χ0) is 14.4. The van der Waals surface area contributed by atoms with Crippen LogP contribution in [0.1, 0.15) is 16.7 Å². The fourth-order valence-electron chi connectivity index (χ4n) is 2.91. The Hall–Kier alpha value is -2.40. The van der Waals surface area contributed by atoms with Crippen LogP contribution in [-0.4, -0.2) is 16.1 Å². The second-order valence-electron chi connectivity index (χ2n) is 5.21. The van der Waals surface area contributed by atoms with E-state index in [4.69, 9.17) is 5.73 Å². The summed E-state index contributed by atoms with van der Waals surface area (Å²) in [4.78, 5) is 12.3. The summed E-state index contributed by atoms with van der Waals surface area (Å²) in [6.45, 7) is 0. The normalized spacial score (nSPS) is 12.2. The molecule has 0 unspecified atom stereocenters. The van der Waals surface area contributed by atoms with E-state index in [9.17, 15) is 4.79 Å². The van der Waals surface area contributed by atoms with Gasteiger partial charge < -0.3 is 5.73 Å².